The molecule has 2 amide bonds. The third-order valence-corrected chi connectivity index (χ3v) is 5.63. The first-order valence-corrected chi connectivity index (χ1v) is 9.81. The van der Waals surface area contributed by atoms with Gasteiger partial charge in [0.1, 0.15) is 11.5 Å². The number of hydrogen-bond donors (Lipinski definition) is 1. The fraction of sp³-hybridized carbons (Fsp3) is 0.579. The standard InChI is InChI=1S/C19H27N7O2/c1-13-11-15(21-20-13)18(27)25-9-7-24(8-10-25)16-5-4-6-26(19(16)28)17-12-14(2)22-23(17)3/h11-12,16H,4-10H2,1-3H3,(H,20,21)/t16-/m1/s1. The van der Waals surface area contributed by atoms with Crippen LogP contribution in [0.5, 0.6) is 0 Å². The van der Waals surface area contributed by atoms with Crippen molar-refractivity contribution in [2.24, 2.45) is 7.05 Å². The average Bonchev–Trinajstić information content (AvgIpc) is 3.26. The second-order valence-electron chi connectivity index (χ2n) is 7.68. The number of anilines is 1. The van der Waals surface area contributed by atoms with Crippen molar-refractivity contribution in [2.75, 3.05) is 37.6 Å². The summed E-state index contributed by atoms with van der Waals surface area (Å²) in [4.78, 5) is 31.7. The summed E-state index contributed by atoms with van der Waals surface area (Å²) in [6, 6.07) is 3.60. The third-order valence-electron chi connectivity index (χ3n) is 5.63. The van der Waals surface area contributed by atoms with Crippen LogP contribution in [0.1, 0.15) is 34.7 Å². The quantitative estimate of drug-likeness (QED) is 0.841. The molecule has 0 aliphatic carbocycles. The number of aromatic amines is 1. The van der Waals surface area contributed by atoms with E-state index in [1.54, 1.807) is 10.7 Å². The summed E-state index contributed by atoms with van der Waals surface area (Å²) in [7, 11) is 1.88. The van der Waals surface area contributed by atoms with Gasteiger partial charge in [-0.15, -0.1) is 0 Å². The van der Waals surface area contributed by atoms with E-state index in [4.69, 9.17) is 0 Å². The Kier molecular flexibility index (Phi) is 4.92. The zero-order valence-electron chi connectivity index (χ0n) is 16.7. The molecule has 2 aliphatic heterocycles. The Morgan fingerprint density at radius 3 is 2.50 bits per heavy atom. The van der Waals surface area contributed by atoms with Crippen molar-refractivity contribution in [1.29, 1.82) is 0 Å². The molecule has 0 radical (unpaired) electrons. The van der Waals surface area contributed by atoms with E-state index in [1.165, 1.54) is 0 Å². The molecule has 0 saturated carbocycles. The first-order valence-electron chi connectivity index (χ1n) is 9.81. The number of piperazine rings is 1. The summed E-state index contributed by atoms with van der Waals surface area (Å²) in [6.45, 7) is 7.16. The zero-order chi connectivity index (χ0) is 19.8. The number of amides is 2. The first-order chi connectivity index (χ1) is 13.4. The molecule has 2 aliphatic rings. The van der Waals surface area contributed by atoms with Crippen LogP contribution in [0.15, 0.2) is 12.1 Å². The van der Waals surface area contributed by atoms with Gasteiger partial charge < -0.3 is 4.90 Å². The highest BCUT2D eigenvalue weighted by Gasteiger charge is 2.37. The summed E-state index contributed by atoms with van der Waals surface area (Å²) in [6.07, 6.45) is 1.82. The average molecular weight is 385 g/mol. The normalized spacial score (nSPS) is 21.4. The topological polar surface area (TPSA) is 90.4 Å². The van der Waals surface area contributed by atoms with E-state index in [1.807, 2.05) is 36.8 Å². The molecule has 1 atom stereocenters. The monoisotopic (exact) mass is 385 g/mol. The number of piperidine rings is 1. The molecule has 0 bridgehead atoms. The van der Waals surface area contributed by atoms with Crippen LogP contribution in [0, 0.1) is 13.8 Å². The maximum Gasteiger partial charge on any atom is 0.274 e. The van der Waals surface area contributed by atoms with Crippen LogP contribution < -0.4 is 4.90 Å². The second kappa shape index (κ2) is 7.38. The summed E-state index contributed by atoms with van der Waals surface area (Å²) < 4.78 is 1.78. The minimum absolute atomic E-state index is 0.0500. The van der Waals surface area contributed by atoms with Crippen molar-refractivity contribution in [2.45, 2.75) is 32.7 Å². The maximum absolute atomic E-state index is 13.2. The summed E-state index contributed by atoms with van der Waals surface area (Å²) in [5.74, 6) is 0.942. The fourth-order valence-electron chi connectivity index (χ4n) is 4.20. The van der Waals surface area contributed by atoms with Gasteiger partial charge in [-0.05, 0) is 32.8 Å². The zero-order valence-corrected chi connectivity index (χ0v) is 16.7. The molecule has 150 valence electrons. The van der Waals surface area contributed by atoms with Crippen LogP contribution in [-0.2, 0) is 11.8 Å². The molecule has 2 aromatic heterocycles. The minimum Gasteiger partial charge on any atom is -0.335 e. The maximum atomic E-state index is 13.2. The van der Waals surface area contributed by atoms with Crippen LogP contribution in [0.4, 0.5) is 5.82 Å². The van der Waals surface area contributed by atoms with Gasteiger partial charge >= 0.3 is 0 Å². The van der Waals surface area contributed by atoms with Gasteiger partial charge in [-0.25, -0.2) is 0 Å². The molecule has 1 N–H and O–H groups in total. The number of carbonyl (C=O) groups excluding carboxylic acids is 2. The molecule has 4 rings (SSSR count). The molecule has 9 heteroatoms. The second-order valence-corrected chi connectivity index (χ2v) is 7.68. The molecule has 4 heterocycles. The fourth-order valence-corrected chi connectivity index (χ4v) is 4.20. The predicted molar refractivity (Wildman–Crippen MR) is 104 cm³/mol. The molecule has 2 saturated heterocycles. The first kappa shape index (κ1) is 18.7. The molecule has 0 aromatic carbocycles. The van der Waals surface area contributed by atoms with Crippen LogP contribution in [0.2, 0.25) is 0 Å². The predicted octanol–water partition coefficient (Wildman–Crippen LogP) is 0.713. The van der Waals surface area contributed by atoms with Gasteiger partial charge in [0.05, 0.1) is 11.7 Å². The van der Waals surface area contributed by atoms with E-state index in [0.29, 0.717) is 31.9 Å². The van der Waals surface area contributed by atoms with E-state index in [9.17, 15) is 9.59 Å². The highest BCUT2D eigenvalue weighted by atomic mass is 16.2. The van der Waals surface area contributed by atoms with Gasteiger partial charge in [0, 0.05) is 51.5 Å². The Balaban J connectivity index is 1.40. The van der Waals surface area contributed by atoms with Gasteiger partial charge in [-0.1, -0.05) is 0 Å². The van der Waals surface area contributed by atoms with Gasteiger partial charge in [-0.2, -0.15) is 10.2 Å². The molecule has 0 unspecified atom stereocenters. The highest BCUT2D eigenvalue weighted by molar-refractivity contribution is 5.97. The number of aryl methyl sites for hydroxylation is 3. The van der Waals surface area contributed by atoms with E-state index in [2.05, 4.69) is 20.2 Å². The van der Waals surface area contributed by atoms with Crippen LogP contribution >= 0.6 is 0 Å². The SMILES string of the molecule is Cc1cc(N2CCC[C@@H](N3CCN(C(=O)c4cc(C)[nH]n4)CC3)C2=O)n(C)n1. The smallest absolute Gasteiger partial charge is 0.274 e. The lowest BCUT2D eigenvalue weighted by Crippen LogP contribution is -2.58. The summed E-state index contributed by atoms with van der Waals surface area (Å²) in [5.41, 5.74) is 2.24. The molecule has 0 spiro atoms. The summed E-state index contributed by atoms with van der Waals surface area (Å²) in [5, 5.41) is 11.3. The molecule has 9 nitrogen and oxygen atoms in total. The Labute approximate surface area is 164 Å². The number of carbonyl (C=O) groups is 2. The van der Waals surface area contributed by atoms with E-state index in [-0.39, 0.29) is 17.9 Å². The van der Waals surface area contributed by atoms with Crippen LogP contribution in [0.25, 0.3) is 0 Å². The van der Waals surface area contributed by atoms with E-state index < -0.39 is 0 Å². The highest BCUT2D eigenvalue weighted by Crippen LogP contribution is 2.25. The molecule has 2 fully saturated rings. The van der Waals surface area contributed by atoms with E-state index in [0.717, 1.165) is 36.6 Å². The van der Waals surface area contributed by atoms with E-state index >= 15 is 0 Å². The molecule has 2 aromatic rings. The van der Waals surface area contributed by atoms with Gasteiger partial charge in [0.25, 0.3) is 5.91 Å². The van der Waals surface area contributed by atoms with Crippen molar-refractivity contribution in [3.05, 3.63) is 29.2 Å². The molecular weight excluding hydrogens is 358 g/mol. The summed E-state index contributed by atoms with van der Waals surface area (Å²) >= 11 is 0. The van der Waals surface area contributed by atoms with Crippen molar-refractivity contribution in [3.8, 4) is 0 Å². The van der Waals surface area contributed by atoms with Crippen molar-refractivity contribution < 1.29 is 9.59 Å². The van der Waals surface area contributed by atoms with Crippen LogP contribution in [-0.4, -0.2) is 80.4 Å². The number of hydrogen-bond acceptors (Lipinski definition) is 5. The lowest BCUT2D eigenvalue weighted by molar-refractivity contribution is -0.126. The van der Waals surface area contributed by atoms with Crippen molar-refractivity contribution in [1.82, 2.24) is 29.8 Å². The minimum atomic E-state index is -0.131. The van der Waals surface area contributed by atoms with Gasteiger partial charge in [-0.3, -0.25) is 29.2 Å². The third kappa shape index (κ3) is 3.42. The van der Waals surface area contributed by atoms with Gasteiger partial charge in [0.15, 0.2) is 0 Å². The molecular formula is C19H27N7O2. The lowest BCUT2D eigenvalue weighted by atomic mass is 10.0. The number of aromatic nitrogens is 4. The van der Waals surface area contributed by atoms with Crippen LogP contribution in [0.3, 0.4) is 0 Å². The Morgan fingerprint density at radius 2 is 1.89 bits per heavy atom. The Hall–Kier alpha value is -2.68. The Morgan fingerprint density at radius 1 is 1.14 bits per heavy atom. The number of rotatable bonds is 3. The molecule has 28 heavy (non-hydrogen) atoms. The number of nitrogens with one attached hydrogen (secondary N) is 1. The van der Waals surface area contributed by atoms with Crippen molar-refractivity contribution in [3.63, 3.8) is 0 Å². The lowest BCUT2D eigenvalue weighted by Gasteiger charge is -2.42. The number of nitrogens with zero attached hydrogens (tertiary/aromatic N) is 6. The van der Waals surface area contributed by atoms with Gasteiger partial charge in [0.2, 0.25) is 5.91 Å². The number of H-pyrrole nitrogens is 1. The van der Waals surface area contributed by atoms with Crippen molar-refractivity contribution >= 4 is 17.6 Å². The Bertz CT molecular complexity index is 879. The largest absolute Gasteiger partial charge is 0.335 e.